The van der Waals surface area contributed by atoms with E-state index < -0.39 is 6.23 Å². The summed E-state index contributed by atoms with van der Waals surface area (Å²) < 4.78 is 0. The third kappa shape index (κ3) is 7.36. The summed E-state index contributed by atoms with van der Waals surface area (Å²) in [6, 6.07) is 0. The quantitative estimate of drug-likeness (QED) is 0.512. The van der Waals surface area contributed by atoms with Crippen molar-refractivity contribution in [3.63, 3.8) is 0 Å². The highest BCUT2D eigenvalue weighted by molar-refractivity contribution is 4.98. The largest absolute Gasteiger partial charge is 0.401 e. The summed E-state index contributed by atoms with van der Waals surface area (Å²) >= 11 is 0. The van der Waals surface area contributed by atoms with Crippen LogP contribution >= 0.6 is 0 Å². The summed E-state index contributed by atoms with van der Waals surface area (Å²) in [5, 5.41) is 11.6. The first-order valence-corrected chi connectivity index (χ1v) is 4.02. The summed E-state index contributed by atoms with van der Waals surface area (Å²) in [4.78, 5) is 0. The van der Waals surface area contributed by atoms with Crippen LogP contribution in [0.4, 0.5) is 0 Å². The zero-order valence-corrected chi connectivity index (χ0v) is 7.30. The van der Waals surface area contributed by atoms with E-state index in [0.29, 0.717) is 6.54 Å². The highest BCUT2D eigenvalue weighted by atomic mass is 16.3. The number of nitrogens with two attached hydrogens (primary N) is 1. The lowest BCUT2D eigenvalue weighted by Crippen LogP contribution is -2.29. The Bertz CT molecular complexity index is 121. The molecule has 3 nitrogen and oxygen atoms in total. The number of nitrogens with one attached hydrogen (secondary N) is 1. The minimum Gasteiger partial charge on any atom is -0.401 e. The van der Waals surface area contributed by atoms with Gasteiger partial charge in [0, 0.05) is 12.2 Å². The molecule has 1 unspecified atom stereocenters. The van der Waals surface area contributed by atoms with E-state index in [4.69, 9.17) is 10.8 Å². The molecule has 0 aliphatic carbocycles. The van der Waals surface area contributed by atoms with Gasteiger partial charge in [0.25, 0.3) is 0 Å². The fraction of sp³-hybridized carbons (Fsp3) is 0.750. The summed E-state index contributed by atoms with van der Waals surface area (Å²) in [6.45, 7) is 4.34. The van der Waals surface area contributed by atoms with Crippen molar-refractivity contribution in [2.45, 2.75) is 32.9 Å². The molecule has 0 aromatic rings. The van der Waals surface area contributed by atoms with Gasteiger partial charge in [0.2, 0.25) is 0 Å². The number of aliphatic hydroxyl groups is 1. The molecule has 0 aliphatic heterocycles. The molecule has 0 heterocycles. The number of hydrogen-bond donors (Lipinski definition) is 3. The van der Waals surface area contributed by atoms with Crippen molar-refractivity contribution in [2.24, 2.45) is 5.73 Å². The molecule has 0 rings (SSSR count). The fourth-order valence-corrected chi connectivity index (χ4v) is 0.667. The SMILES string of the molecule is CCC/C=C(/N)CNC(C)O. The van der Waals surface area contributed by atoms with Gasteiger partial charge in [-0.3, -0.25) is 5.32 Å². The Morgan fingerprint density at radius 1 is 1.73 bits per heavy atom. The lowest BCUT2D eigenvalue weighted by atomic mass is 10.3. The number of hydrogen-bond acceptors (Lipinski definition) is 3. The smallest absolute Gasteiger partial charge is 0.102 e. The number of allylic oxidation sites excluding steroid dienone is 1. The van der Waals surface area contributed by atoms with E-state index in [0.717, 1.165) is 18.5 Å². The van der Waals surface area contributed by atoms with Crippen LogP contribution in [0.15, 0.2) is 11.8 Å². The van der Waals surface area contributed by atoms with Gasteiger partial charge in [-0.2, -0.15) is 0 Å². The van der Waals surface area contributed by atoms with Crippen molar-refractivity contribution in [3.05, 3.63) is 11.8 Å². The predicted molar refractivity (Wildman–Crippen MR) is 46.9 cm³/mol. The van der Waals surface area contributed by atoms with Gasteiger partial charge in [0.05, 0.1) is 0 Å². The van der Waals surface area contributed by atoms with Crippen LogP contribution in [0, 0.1) is 0 Å². The van der Waals surface area contributed by atoms with E-state index in [1.54, 1.807) is 6.92 Å². The standard InChI is InChI=1S/C8H18N2O/c1-3-4-5-8(9)6-10-7(2)11/h5,7,10-11H,3-4,6,9H2,1-2H3/b8-5+. The lowest BCUT2D eigenvalue weighted by molar-refractivity contribution is 0.160. The fourth-order valence-electron chi connectivity index (χ4n) is 0.667. The molecule has 0 fully saturated rings. The van der Waals surface area contributed by atoms with Crippen LogP contribution < -0.4 is 11.1 Å². The molecule has 0 saturated heterocycles. The van der Waals surface area contributed by atoms with E-state index in [9.17, 15) is 0 Å². The van der Waals surface area contributed by atoms with Crippen LogP contribution in [0.1, 0.15) is 26.7 Å². The van der Waals surface area contributed by atoms with Crippen LogP contribution in [0.3, 0.4) is 0 Å². The van der Waals surface area contributed by atoms with Crippen LogP contribution in [0.5, 0.6) is 0 Å². The molecule has 0 amide bonds. The van der Waals surface area contributed by atoms with Gasteiger partial charge in [-0.05, 0) is 13.3 Å². The van der Waals surface area contributed by atoms with E-state index in [1.165, 1.54) is 0 Å². The van der Waals surface area contributed by atoms with Crippen LogP contribution in [0.25, 0.3) is 0 Å². The maximum Gasteiger partial charge on any atom is 0.102 e. The van der Waals surface area contributed by atoms with Crippen LogP contribution in [-0.2, 0) is 0 Å². The van der Waals surface area contributed by atoms with Crippen LogP contribution in [0.2, 0.25) is 0 Å². The van der Waals surface area contributed by atoms with E-state index >= 15 is 0 Å². The maximum atomic E-state index is 8.83. The summed E-state index contributed by atoms with van der Waals surface area (Å²) in [5.74, 6) is 0. The van der Waals surface area contributed by atoms with Crippen molar-refractivity contribution in [1.29, 1.82) is 0 Å². The minimum atomic E-state index is -0.483. The normalized spacial score (nSPS) is 15.0. The third-order valence-corrected chi connectivity index (χ3v) is 1.30. The van der Waals surface area contributed by atoms with E-state index in [1.807, 2.05) is 6.08 Å². The molecule has 0 spiro atoms. The highest BCUT2D eigenvalue weighted by Gasteiger charge is 1.93. The monoisotopic (exact) mass is 158 g/mol. The first kappa shape index (κ1) is 10.5. The van der Waals surface area contributed by atoms with Crippen molar-refractivity contribution in [2.75, 3.05) is 6.54 Å². The van der Waals surface area contributed by atoms with Gasteiger partial charge in [-0.1, -0.05) is 19.4 Å². The molecule has 3 heteroatoms. The van der Waals surface area contributed by atoms with E-state index in [2.05, 4.69) is 12.2 Å². The summed E-state index contributed by atoms with van der Waals surface area (Å²) in [6.07, 6.45) is 3.61. The molecule has 0 bridgehead atoms. The molecule has 11 heavy (non-hydrogen) atoms. The second-order valence-corrected chi connectivity index (χ2v) is 2.62. The second-order valence-electron chi connectivity index (χ2n) is 2.62. The van der Waals surface area contributed by atoms with Gasteiger partial charge in [-0.15, -0.1) is 0 Å². The molecule has 0 aliphatic rings. The van der Waals surface area contributed by atoms with E-state index in [-0.39, 0.29) is 0 Å². The van der Waals surface area contributed by atoms with Gasteiger partial charge in [0.15, 0.2) is 0 Å². The number of aliphatic hydroxyl groups excluding tert-OH is 1. The first-order chi connectivity index (χ1) is 5.16. The van der Waals surface area contributed by atoms with Gasteiger partial charge < -0.3 is 10.8 Å². The molecule has 1 atom stereocenters. The zero-order chi connectivity index (χ0) is 8.69. The number of unbranched alkanes of at least 4 members (excludes halogenated alkanes) is 1. The lowest BCUT2D eigenvalue weighted by Gasteiger charge is -2.06. The van der Waals surface area contributed by atoms with Crippen LogP contribution in [-0.4, -0.2) is 17.9 Å². The molecule has 0 saturated carbocycles. The number of rotatable bonds is 5. The van der Waals surface area contributed by atoms with Gasteiger partial charge in [-0.25, -0.2) is 0 Å². The Hall–Kier alpha value is -0.540. The average molecular weight is 158 g/mol. The van der Waals surface area contributed by atoms with Gasteiger partial charge >= 0.3 is 0 Å². The Kier molecular flexibility index (Phi) is 5.88. The minimum absolute atomic E-state index is 0.483. The second kappa shape index (κ2) is 6.19. The maximum absolute atomic E-state index is 8.83. The molecule has 66 valence electrons. The van der Waals surface area contributed by atoms with Gasteiger partial charge in [0.1, 0.15) is 6.23 Å². The van der Waals surface area contributed by atoms with Crippen molar-refractivity contribution >= 4 is 0 Å². The molecule has 0 radical (unpaired) electrons. The molecular weight excluding hydrogens is 140 g/mol. The zero-order valence-electron chi connectivity index (χ0n) is 7.30. The Labute approximate surface area is 68.3 Å². The highest BCUT2D eigenvalue weighted by Crippen LogP contribution is 1.91. The summed E-state index contributed by atoms with van der Waals surface area (Å²) in [5.41, 5.74) is 6.39. The Morgan fingerprint density at radius 3 is 2.82 bits per heavy atom. The Balaban J connectivity index is 3.42. The van der Waals surface area contributed by atoms with Crippen molar-refractivity contribution in [3.8, 4) is 0 Å². The molecular formula is C8H18N2O. The average Bonchev–Trinajstić information content (AvgIpc) is 1.97. The molecule has 4 N–H and O–H groups in total. The molecule has 0 aromatic heterocycles. The Morgan fingerprint density at radius 2 is 2.36 bits per heavy atom. The van der Waals surface area contributed by atoms with Crippen molar-refractivity contribution < 1.29 is 5.11 Å². The summed E-state index contributed by atoms with van der Waals surface area (Å²) in [7, 11) is 0. The third-order valence-electron chi connectivity index (χ3n) is 1.30. The molecule has 0 aromatic carbocycles. The van der Waals surface area contributed by atoms with Crippen molar-refractivity contribution in [1.82, 2.24) is 5.32 Å². The predicted octanol–water partition coefficient (Wildman–Crippen LogP) is 0.557. The first-order valence-electron chi connectivity index (χ1n) is 4.02. The topological polar surface area (TPSA) is 58.3 Å².